The molecule has 15 heteroatoms. The van der Waals surface area contributed by atoms with E-state index in [0.29, 0.717) is 0 Å². The van der Waals surface area contributed by atoms with Gasteiger partial charge in [0.25, 0.3) is 0 Å². The summed E-state index contributed by atoms with van der Waals surface area (Å²) in [4.78, 5) is 38.4. The van der Waals surface area contributed by atoms with Gasteiger partial charge in [0.1, 0.15) is 36.4 Å². The predicted molar refractivity (Wildman–Crippen MR) is 118 cm³/mol. The number of aliphatic hydroxyl groups is 2. The number of benzene rings is 1. The van der Waals surface area contributed by atoms with E-state index < -0.39 is 47.9 Å². The van der Waals surface area contributed by atoms with Gasteiger partial charge < -0.3 is 39.9 Å². The Labute approximate surface area is 203 Å². The zero-order valence-electron chi connectivity index (χ0n) is 19.1. The standard InChI is InChI=1S/C21H24FN5O9/c1-12(29)23-5-14-7-26(20(30)36-14)13-2-3-16(17(22)4-13)21(31,10-28)11-35-15-6-25-8-18(27(32)33)24-19(25)34-9-15/h2-4,8,14-15,28,31H,5-7,9-11H2,1H3,(H,23,29)/t14-,15-,21?/m0/s1. The third-order valence-corrected chi connectivity index (χ3v) is 5.75. The van der Waals surface area contributed by atoms with Crippen LogP contribution in [0.25, 0.3) is 0 Å². The van der Waals surface area contributed by atoms with Gasteiger partial charge in [-0.15, -0.1) is 0 Å². The van der Waals surface area contributed by atoms with Crippen molar-refractivity contribution in [1.82, 2.24) is 14.9 Å². The molecular weight excluding hydrogens is 485 g/mol. The van der Waals surface area contributed by atoms with Gasteiger partial charge in [0.15, 0.2) is 0 Å². The fourth-order valence-electron chi connectivity index (χ4n) is 3.87. The summed E-state index contributed by atoms with van der Waals surface area (Å²) >= 11 is 0. The Morgan fingerprint density at radius 2 is 2.22 bits per heavy atom. The van der Waals surface area contributed by atoms with Gasteiger partial charge in [-0.2, -0.15) is 0 Å². The fraction of sp³-hybridized carbons (Fsp3) is 0.476. The van der Waals surface area contributed by atoms with Crippen LogP contribution < -0.4 is 15.0 Å². The van der Waals surface area contributed by atoms with Gasteiger partial charge in [-0.1, -0.05) is 6.07 Å². The monoisotopic (exact) mass is 509 g/mol. The second-order valence-electron chi connectivity index (χ2n) is 8.44. The largest absolute Gasteiger partial charge is 0.443 e. The number of nitrogens with zero attached hydrogens (tertiary/aromatic N) is 4. The number of amides is 2. The molecule has 1 unspecified atom stereocenters. The maximum atomic E-state index is 15.0. The molecule has 2 aromatic rings. The maximum Gasteiger partial charge on any atom is 0.414 e. The highest BCUT2D eigenvalue weighted by molar-refractivity contribution is 5.89. The van der Waals surface area contributed by atoms with E-state index in [9.17, 15) is 29.9 Å². The van der Waals surface area contributed by atoms with E-state index in [1.807, 2.05) is 0 Å². The van der Waals surface area contributed by atoms with Crippen molar-refractivity contribution in [1.29, 1.82) is 0 Å². The average molecular weight is 509 g/mol. The number of ether oxygens (including phenoxy) is 3. The molecule has 1 saturated heterocycles. The van der Waals surface area contributed by atoms with Crippen molar-refractivity contribution in [3.05, 3.63) is 45.9 Å². The van der Waals surface area contributed by atoms with Crippen molar-refractivity contribution in [2.75, 3.05) is 37.8 Å². The lowest BCUT2D eigenvalue weighted by molar-refractivity contribution is -0.389. The summed E-state index contributed by atoms with van der Waals surface area (Å²) < 4.78 is 32.6. The normalized spacial score (nSPS) is 20.8. The molecule has 14 nitrogen and oxygen atoms in total. The van der Waals surface area contributed by atoms with Crippen LogP contribution >= 0.6 is 0 Å². The lowest BCUT2D eigenvalue weighted by Gasteiger charge is -2.30. The fourth-order valence-corrected chi connectivity index (χ4v) is 3.87. The molecule has 0 spiro atoms. The van der Waals surface area contributed by atoms with Crippen molar-refractivity contribution < 1.29 is 43.3 Å². The first-order valence-corrected chi connectivity index (χ1v) is 10.9. The molecule has 2 aliphatic heterocycles. The molecule has 4 rings (SSSR count). The van der Waals surface area contributed by atoms with Crippen LogP contribution in [0, 0.1) is 15.9 Å². The Morgan fingerprint density at radius 1 is 1.44 bits per heavy atom. The van der Waals surface area contributed by atoms with Crippen molar-refractivity contribution in [2.24, 2.45) is 0 Å². The third-order valence-electron chi connectivity index (χ3n) is 5.75. The van der Waals surface area contributed by atoms with Crippen molar-refractivity contribution >= 4 is 23.5 Å². The highest BCUT2D eigenvalue weighted by Gasteiger charge is 2.37. The molecule has 3 atom stereocenters. The number of imidazole rings is 1. The summed E-state index contributed by atoms with van der Waals surface area (Å²) in [5.74, 6) is -1.56. The number of nitro groups is 1. The summed E-state index contributed by atoms with van der Waals surface area (Å²) in [5, 5.41) is 34.2. The van der Waals surface area contributed by atoms with E-state index in [1.165, 1.54) is 34.7 Å². The number of halogens is 1. The second kappa shape index (κ2) is 10.0. The van der Waals surface area contributed by atoms with Crippen LogP contribution in [0.2, 0.25) is 0 Å². The number of aromatic nitrogens is 2. The van der Waals surface area contributed by atoms with Crippen molar-refractivity contribution in [3.63, 3.8) is 0 Å². The molecule has 2 amide bonds. The van der Waals surface area contributed by atoms with Crippen LogP contribution in [0.1, 0.15) is 12.5 Å². The molecule has 36 heavy (non-hydrogen) atoms. The van der Waals surface area contributed by atoms with Gasteiger partial charge in [-0.05, 0) is 17.1 Å². The number of hydrogen-bond donors (Lipinski definition) is 3. The van der Waals surface area contributed by atoms with Crippen molar-refractivity contribution in [2.45, 2.75) is 31.3 Å². The minimum absolute atomic E-state index is 0.0200. The topological polar surface area (TPSA) is 179 Å². The van der Waals surface area contributed by atoms with E-state index >= 15 is 4.39 Å². The molecule has 1 aromatic heterocycles. The number of nitrogens with one attached hydrogen (secondary N) is 1. The number of hydrogen-bond acceptors (Lipinski definition) is 10. The first kappa shape index (κ1) is 25.3. The Bertz CT molecular complexity index is 1170. The summed E-state index contributed by atoms with van der Waals surface area (Å²) in [7, 11) is 0. The maximum absolute atomic E-state index is 15.0. The van der Waals surface area contributed by atoms with Gasteiger partial charge in [0.2, 0.25) is 5.91 Å². The number of carbonyl (C=O) groups excluding carboxylic acids is 2. The number of cyclic esters (lactones) is 1. The summed E-state index contributed by atoms with van der Waals surface area (Å²) in [6.45, 7) is 0.258. The van der Waals surface area contributed by atoms with Gasteiger partial charge in [-0.25, -0.2) is 9.18 Å². The average Bonchev–Trinajstić information content (AvgIpc) is 3.44. The van der Waals surface area contributed by atoms with Crippen LogP contribution in [0.15, 0.2) is 24.4 Å². The number of anilines is 1. The SMILES string of the molecule is CC(=O)NC[C@H]1CN(c2ccc(C(O)(CO)CO[C@@H]3COc4nc([N+](=O)[O-])cn4C3)c(F)c2)C(=O)O1. The lowest BCUT2D eigenvalue weighted by Crippen LogP contribution is -2.41. The van der Waals surface area contributed by atoms with Crippen molar-refractivity contribution in [3.8, 4) is 6.01 Å². The van der Waals surface area contributed by atoms with Crippen LogP contribution in [-0.2, 0) is 26.4 Å². The molecule has 1 fully saturated rings. The van der Waals surface area contributed by atoms with Gasteiger partial charge in [0.05, 0.1) is 38.5 Å². The molecule has 3 heterocycles. The second-order valence-corrected chi connectivity index (χ2v) is 8.44. The number of aliphatic hydroxyl groups excluding tert-OH is 1. The quantitative estimate of drug-likeness (QED) is 0.309. The first-order valence-electron chi connectivity index (χ1n) is 10.9. The Hall–Kier alpha value is -3.82. The van der Waals surface area contributed by atoms with Crippen LogP contribution in [-0.4, -0.2) is 81.8 Å². The zero-order valence-corrected chi connectivity index (χ0v) is 19.1. The molecule has 0 aliphatic carbocycles. The van der Waals surface area contributed by atoms with Gasteiger partial charge >= 0.3 is 17.9 Å². The summed E-state index contributed by atoms with van der Waals surface area (Å²) in [6.07, 6.45) is -0.797. The van der Waals surface area contributed by atoms with E-state index in [4.69, 9.17) is 14.2 Å². The van der Waals surface area contributed by atoms with E-state index in [1.54, 1.807) is 0 Å². The molecule has 2 aliphatic rings. The first-order chi connectivity index (χ1) is 17.1. The molecule has 0 radical (unpaired) electrons. The van der Waals surface area contributed by atoms with Crippen LogP contribution in [0.4, 0.5) is 20.7 Å². The highest BCUT2D eigenvalue weighted by Crippen LogP contribution is 2.30. The van der Waals surface area contributed by atoms with E-state index in [0.717, 1.165) is 6.07 Å². The minimum atomic E-state index is -2.12. The molecule has 3 N–H and O–H groups in total. The molecular formula is C21H24FN5O9. The number of fused-ring (bicyclic) bond motifs is 1. The number of carbonyl (C=O) groups is 2. The third kappa shape index (κ3) is 5.22. The highest BCUT2D eigenvalue weighted by atomic mass is 19.1. The van der Waals surface area contributed by atoms with Crippen LogP contribution in [0.5, 0.6) is 6.01 Å². The smallest absolute Gasteiger partial charge is 0.414 e. The summed E-state index contributed by atoms with van der Waals surface area (Å²) in [6, 6.07) is 3.70. The zero-order chi connectivity index (χ0) is 26.0. The predicted octanol–water partition coefficient (Wildman–Crippen LogP) is 0.0494. The molecule has 194 valence electrons. The number of rotatable bonds is 9. The minimum Gasteiger partial charge on any atom is -0.443 e. The lowest BCUT2D eigenvalue weighted by atomic mass is 9.94. The Kier molecular flexibility index (Phi) is 7.05. The Morgan fingerprint density at radius 3 is 2.89 bits per heavy atom. The van der Waals surface area contributed by atoms with E-state index in [-0.39, 0.29) is 55.2 Å². The molecule has 1 aromatic carbocycles. The van der Waals surface area contributed by atoms with Crippen LogP contribution in [0.3, 0.4) is 0 Å². The van der Waals surface area contributed by atoms with Gasteiger partial charge in [-0.3, -0.25) is 14.3 Å². The molecule has 0 saturated carbocycles. The van der Waals surface area contributed by atoms with E-state index in [2.05, 4.69) is 10.3 Å². The molecule has 0 bridgehead atoms. The Balaban J connectivity index is 1.42. The van der Waals surface area contributed by atoms with Gasteiger partial charge in [0, 0.05) is 17.5 Å². The summed E-state index contributed by atoms with van der Waals surface area (Å²) in [5.41, 5.74) is -2.21.